The van der Waals surface area contributed by atoms with E-state index in [0.29, 0.717) is 30.3 Å². The third-order valence-corrected chi connectivity index (χ3v) is 6.48. The highest BCUT2D eigenvalue weighted by atomic mass is 16.6. The van der Waals surface area contributed by atoms with Crippen molar-refractivity contribution in [3.05, 3.63) is 0 Å². The highest BCUT2D eigenvalue weighted by Gasteiger charge is 2.50. The predicted octanol–water partition coefficient (Wildman–Crippen LogP) is 1.14. The van der Waals surface area contributed by atoms with Crippen LogP contribution in [0.3, 0.4) is 0 Å². The summed E-state index contributed by atoms with van der Waals surface area (Å²) >= 11 is 0. The Hall–Kier alpha value is -0.240. The van der Waals surface area contributed by atoms with Crippen molar-refractivity contribution in [1.29, 1.82) is 0 Å². The zero-order valence-electron chi connectivity index (χ0n) is 15.2. The van der Waals surface area contributed by atoms with E-state index in [-0.39, 0.29) is 5.66 Å². The van der Waals surface area contributed by atoms with Crippen LogP contribution in [0.25, 0.3) is 0 Å². The number of ether oxygens (including phenoxy) is 4. The average molecular weight is 352 g/mol. The third-order valence-electron chi connectivity index (χ3n) is 6.48. The highest BCUT2D eigenvalue weighted by molar-refractivity contribution is 5.02. The van der Waals surface area contributed by atoms with Crippen LogP contribution in [0.4, 0.5) is 0 Å². The SMILES string of the molecule is C1CCC(C(CC2CO2)(NCC2CO2)N(CC2CO2)CC2CO2)CC1. The van der Waals surface area contributed by atoms with Crippen LogP contribution in [0.2, 0.25) is 0 Å². The lowest BCUT2D eigenvalue weighted by Crippen LogP contribution is -2.66. The third kappa shape index (κ3) is 4.37. The Kier molecular flexibility index (Phi) is 4.77. The van der Waals surface area contributed by atoms with Crippen LogP contribution in [-0.2, 0) is 18.9 Å². The van der Waals surface area contributed by atoms with Gasteiger partial charge in [-0.2, -0.15) is 0 Å². The second kappa shape index (κ2) is 7.06. The van der Waals surface area contributed by atoms with Crippen molar-refractivity contribution in [3.8, 4) is 0 Å². The van der Waals surface area contributed by atoms with Crippen LogP contribution in [0, 0.1) is 5.92 Å². The minimum Gasteiger partial charge on any atom is -0.373 e. The van der Waals surface area contributed by atoms with E-state index in [4.69, 9.17) is 18.9 Å². The van der Waals surface area contributed by atoms with Gasteiger partial charge in [0.2, 0.25) is 0 Å². The Morgan fingerprint density at radius 2 is 1.32 bits per heavy atom. The molecule has 25 heavy (non-hydrogen) atoms. The fraction of sp³-hybridized carbons (Fsp3) is 1.00. The molecule has 1 aliphatic carbocycles. The zero-order chi connectivity index (χ0) is 16.7. The summed E-state index contributed by atoms with van der Waals surface area (Å²) in [6, 6.07) is 0. The zero-order valence-corrected chi connectivity index (χ0v) is 15.2. The molecule has 0 bridgehead atoms. The molecule has 4 heterocycles. The Bertz CT molecular complexity index is 442. The fourth-order valence-electron chi connectivity index (χ4n) is 4.71. The molecule has 0 radical (unpaired) electrons. The van der Waals surface area contributed by atoms with Crippen molar-refractivity contribution in [2.45, 2.75) is 68.6 Å². The van der Waals surface area contributed by atoms with Gasteiger partial charge in [0.1, 0.15) is 0 Å². The molecule has 4 saturated heterocycles. The molecule has 0 spiro atoms. The highest BCUT2D eigenvalue weighted by Crippen LogP contribution is 2.41. The maximum Gasteiger partial charge on any atom is 0.0937 e. The number of hydrogen-bond donors (Lipinski definition) is 1. The van der Waals surface area contributed by atoms with Crippen LogP contribution in [-0.4, -0.2) is 81.0 Å². The normalized spacial score (nSPS) is 39.2. The van der Waals surface area contributed by atoms with Gasteiger partial charge in [-0.15, -0.1) is 0 Å². The first kappa shape index (κ1) is 16.9. The molecular weight excluding hydrogens is 320 g/mol. The molecule has 1 saturated carbocycles. The van der Waals surface area contributed by atoms with E-state index in [1.807, 2.05) is 0 Å². The van der Waals surface area contributed by atoms with Gasteiger partial charge >= 0.3 is 0 Å². The Labute approximate surface area is 150 Å². The molecule has 4 aliphatic heterocycles. The molecule has 5 rings (SSSR count). The van der Waals surface area contributed by atoms with Crippen molar-refractivity contribution in [1.82, 2.24) is 10.2 Å². The second-order valence-electron chi connectivity index (χ2n) is 8.57. The predicted molar refractivity (Wildman–Crippen MR) is 92.5 cm³/mol. The topological polar surface area (TPSA) is 65.4 Å². The van der Waals surface area contributed by atoms with E-state index in [1.54, 1.807) is 0 Å². The molecule has 6 heteroatoms. The van der Waals surface area contributed by atoms with Gasteiger partial charge in [0.25, 0.3) is 0 Å². The number of nitrogens with zero attached hydrogens (tertiary/aromatic N) is 1. The van der Waals surface area contributed by atoms with Gasteiger partial charge in [-0.05, 0) is 18.8 Å². The van der Waals surface area contributed by atoms with Gasteiger partial charge in [0.05, 0.1) is 56.5 Å². The number of hydrogen-bond acceptors (Lipinski definition) is 6. The van der Waals surface area contributed by atoms with Gasteiger partial charge < -0.3 is 18.9 Å². The number of epoxide rings is 4. The van der Waals surface area contributed by atoms with Crippen molar-refractivity contribution < 1.29 is 18.9 Å². The van der Waals surface area contributed by atoms with Crippen molar-refractivity contribution >= 4 is 0 Å². The first-order chi connectivity index (χ1) is 12.3. The fourth-order valence-corrected chi connectivity index (χ4v) is 4.71. The minimum absolute atomic E-state index is 0.00539. The lowest BCUT2D eigenvalue weighted by Gasteiger charge is -2.51. The van der Waals surface area contributed by atoms with E-state index in [0.717, 1.165) is 52.5 Å². The van der Waals surface area contributed by atoms with Crippen molar-refractivity contribution in [3.63, 3.8) is 0 Å². The molecule has 5 unspecified atom stereocenters. The van der Waals surface area contributed by atoms with E-state index < -0.39 is 0 Å². The molecular formula is C19H32N2O4. The Balaban J connectivity index is 1.40. The summed E-state index contributed by atoms with van der Waals surface area (Å²) in [6.07, 6.45) is 9.44. The van der Waals surface area contributed by atoms with E-state index in [9.17, 15) is 0 Å². The monoisotopic (exact) mass is 352 g/mol. The molecule has 5 aliphatic rings. The molecule has 5 fully saturated rings. The molecule has 5 atom stereocenters. The molecule has 0 aromatic carbocycles. The summed E-state index contributed by atoms with van der Waals surface area (Å²) in [5.74, 6) is 0.682. The Morgan fingerprint density at radius 3 is 1.84 bits per heavy atom. The van der Waals surface area contributed by atoms with Gasteiger partial charge in [-0.3, -0.25) is 10.2 Å². The molecule has 142 valence electrons. The van der Waals surface area contributed by atoms with E-state index in [1.165, 1.54) is 32.1 Å². The van der Waals surface area contributed by atoms with Crippen LogP contribution in [0.5, 0.6) is 0 Å². The molecule has 1 N–H and O–H groups in total. The molecule has 0 aromatic heterocycles. The molecule has 0 aromatic rings. The number of rotatable bonds is 11. The summed E-state index contributed by atoms with van der Waals surface area (Å²) < 4.78 is 22.5. The maximum absolute atomic E-state index is 5.71. The van der Waals surface area contributed by atoms with Gasteiger partial charge in [0, 0.05) is 26.1 Å². The number of nitrogens with one attached hydrogen (secondary N) is 1. The lowest BCUT2D eigenvalue weighted by atomic mass is 9.76. The van der Waals surface area contributed by atoms with Crippen LogP contribution < -0.4 is 5.32 Å². The molecule has 6 nitrogen and oxygen atoms in total. The second-order valence-corrected chi connectivity index (χ2v) is 8.57. The van der Waals surface area contributed by atoms with Crippen LogP contribution in [0.15, 0.2) is 0 Å². The smallest absolute Gasteiger partial charge is 0.0937 e. The van der Waals surface area contributed by atoms with Crippen molar-refractivity contribution in [2.24, 2.45) is 5.92 Å². The first-order valence-corrected chi connectivity index (χ1v) is 10.3. The lowest BCUT2D eigenvalue weighted by molar-refractivity contribution is -0.0345. The quantitative estimate of drug-likeness (QED) is 0.444. The molecule has 0 amide bonds. The summed E-state index contributed by atoms with van der Waals surface area (Å²) in [5, 5.41) is 4.01. The summed E-state index contributed by atoms with van der Waals surface area (Å²) in [7, 11) is 0. The first-order valence-electron chi connectivity index (χ1n) is 10.3. The van der Waals surface area contributed by atoms with Crippen molar-refractivity contribution in [2.75, 3.05) is 46.1 Å². The van der Waals surface area contributed by atoms with E-state index >= 15 is 0 Å². The van der Waals surface area contributed by atoms with Gasteiger partial charge in [0.15, 0.2) is 0 Å². The van der Waals surface area contributed by atoms with Crippen LogP contribution in [0.1, 0.15) is 38.5 Å². The average Bonchev–Trinajstić information content (AvgIpc) is 3.47. The Morgan fingerprint density at radius 1 is 0.760 bits per heavy atom. The van der Waals surface area contributed by atoms with E-state index in [2.05, 4.69) is 10.2 Å². The summed E-state index contributed by atoms with van der Waals surface area (Å²) in [6.45, 7) is 6.64. The minimum atomic E-state index is 0.00539. The largest absolute Gasteiger partial charge is 0.373 e. The van der Waals surface area contributed by atoms with Crippen LogP contribution >= 0.6 is 0 Å². The standard InChI is InChI=1S/C19H32N2O4/c1-2-4-14(5-3-1)19(6-15-10-22-15,20-7-16-11-23-16)21(8-17-12-24-17)9-18-13-25-18/h14-18,20H,1-13H2. The van der Waals surface area contributed by atoms with Gasteiger partial charge in [-0.25, -0.2) is 0 Å². The maximum atomic E-state index is 5.71. The van der Waals surface area contributed by atoms with Gasteiger partial charge in [-0.1, -0.05) is 19.3 Å². The summed E-state index contributed by atoms with van der Waals surface area (Å²) in [4.78, 5) is 2.68. The summed E-state index contributed by atoms with van der Waals surface area (Å²) in [5.41, 5.74) is 0.00539.